The molecule has 1 fully saturated rings. The lowest BCUT2D eigenvalue weighted by molar-refractivity contribution is 0.322. The number of aromatic hydroxyl groups is 1. The first-order valence-electron chi connectivity index (χ1n) is 8.22. The first kappa shape index (κ1) is 18.1. The molecule has 0 spiro atoms. The maximum Gasteiger partial charge on any atom is 0.216 e. The van der Waals surface area contributed by atoms with Gasteiger partial charge in [0.2, 0.25) is 10.0 Å². The second-order valence-electron chi connectivity index (χ2n) is 7.38. The SMILES string of the molecule is CC(C)(C)S(=O)(=O)NC1CCC(CNc2ccc(O)cc2)CC1. The first-order chi connectivity index (χ1) is 10.7. The fraction of sp³-hybridized carbons (Fsp3) is 0.647. The van der Waals surface area contributed by atoms with Crippen molar-refractivity contribution in [3.05, 3.63) is 24.3 Å². The van der Waals surface area contributed by atoms with Gasteiger partial charge >= 0.3 is 0 Å². The fourth-order valence-electron chi connectivity index (χ4n) is 2.72. The van der Waals surface area contributed by atoms with Gasteiger partial charge in [-0.25, -0.2) is 13.1 Å². The molecule has 0 bridgehead atoms. The van der Waals surface area contributed by atoms with Crippen LogP contribution in [0.1, 0.15) is 46.5 Å². The highest BCUT2D eigenvalue weighted by molar-refractivity contribution is 7.90. The highest BCUT2D eigenvalue weighted by Gasteiger charge is 2.32. The lowest BCUT2D eigenvalue weighted by atomic mass is 9.86. The summed E-state index contributed by atoms with van der Waals surface area (Å²) >= 11 is 0. The number of rotatable bonds is 5. The first-order valence-corrected chi connectivity index (χ1v) is 9.70. The van der Waals surface area contributed by atoms with Gasteiger partial charge in [-0.2, -0.15) is 0 Å². The minimum absolute atomic E-state index is 0.0594. The van der Waals surface area contributed by atoms with Crippen LogP contribution in [0.5, 0.6) is 5.75 Å². The normalized spacial score (nSPS) is 22.7. The predicted molar refractivity (Wildman–Crippen MR) is 94.2 cm³/mol. The van der Waals surface area contributed by atoms with Crippen molar-refractivity contribution >= 4 is 15.7 Å². The van der Waals surface area contributed by atoms with E-state index in [-0.39, 0.29) is 11.8 Å². The largest absolute Gasteiger partial charge is 0.508 e. The molecule has 1 aliphatic carbocycles. The van der Waals surface area contributed by atoms with Gasteiger partial charge in [-0.1, -0.05) is 0 Å². The molecule has 1 aromatic carbocycles. The van der Waals surface area contributed by atoms with Crippen molar-refractivity contribution in [2.24, 2.45) is 5.92 Å². The van der Waals surface area contributed by atoms with Crippen LogP contribution in [0.3, 0.4) is 0 Å². The van der Waals surface area contributed by atoms with Crippen molar-refractivity contribution in [3.63, 3.8) is 0 Å². The van der Waals surface area contributed by atoms with Gasteiger partial charge in [-0.05, 0) is 76.6 Å². The number of sulfonamides is 1. The Morgan fingerprint density at radius 3 is 2.17 bits per heavy atom. The summed E-state index contributed by atoms with van der Waals surface area (Å²) in [6.45, 7) is 6.05. The average molecular weight is 340 g/mol. The number of hydrogen-bond donors (Lipinski definition) is 3. The number of phenolic OH excluding ortho intramolecular Hbond substituents is 1. The number of anilines is 1. The molecule has 0 atom stereocenters. The summed E-state index contributed by atoms with van der Waals surface area (Å²) in [5.41, 5.74) is 0.998. The van der Waals surface area contributed by atoms with E-state index in [2.05, 4.69) is 10.0 Å². The van der Waals surface area contributed by atoms with Gasteiger partial charge < -0.3 is 10.4 Å². The third-order valence-electron chi connectivity index (χ3n) is 4.44. The van der Waals surface area contributed by atoms with E-state index in [0.29, 0.717) is 5.92 Å². The summed E-state index contributed by atoms with van der Waals surface area (Å²) in [6, 6.07) is 7.11. The van der Waals surface area contributed by atoms with Crippen molar-refractivity contribution in [2.45, 2.75) is 57.2 Å². The van der Waals surface area contributed by atoms with Gasteiger partial charge in [-0.3, -0.25) is 0 Å². The van der Waals surface area contributed by atoms with Crippen molar-refractivity contribution in [1.29, 1.82) is 0 Å². The van der Waals surface area contributed by atoms with Crippen LogP contribution in [0.2, 0.25) is 0 Å². The summed E-state index contributed by atoms with van der Waals surface area (Å²) in [6.07, 6.45) is 3.80. The second kappa shape index (κ2) is 7.09. The topological polar surface area (TPSA) is 78.4 Å². The van der Waals surface area contributed by atoms with Crippen LogP contribution in [-0.4, -0.2) is 30.9 Å². The van der Waals surface area contributed by atoms with Gasteiger partial charge in [0.25, 0.3) is 0 Å². The van der Waals surface area contributed by atoms with Crippen molar-refractivity contribution in [3.8, 4) is 5.75 Å². The Bertz CT molecular complexity index is 598. The van der Waals surface area contributed by atoms with E-state index in [4.69, 9.17) is 0 Å². The van der Waals surface area contributed by atoms with Crippen LogP contribution in [-0.2, 0) is 10.0 Å². The van der Waals surface area contributed by atoms with Crippen LogP contribution in [0.15, 0.2) is 24.3 Å². The molecule has 0 aromatic heterocycles. The van der Waals surface area contributed by atoms with Gasteiger partial charge in [0.15, 0.2) is 0 Å². The van der Waals surface area contributed by atoms with Crippen LogP contribution in [0.4, 0.5) is 5.69 Å². The monoisotopic (exact) mass is 340 g/mol. The van der Waals surface area contributed by atoms with E-state index >= 15 is 0 Å². The summed E-state index contributed by atoms with van der Waals surface area (Å²) in [5, 5.41) is 12.6. The van der Waals surface area contributed by atoms with E-state index in [1.54, 1.807) is 32.9 Å². The molecule has 3 N–H and O–H groups in total. The molecule has 130 valence electrons. The van der Waals surface area contributed by atoms with Crippen molar-refractivity contribution in [1.82, 2.24) is 4.72 Å². The fourth-order valence-corrected chi connectivity index (χ4v) is 3.75. The Balaban J connectivity index is 1.77. The van der Waals surface area contributed by atoms with Gasteiger partial charge in [0.05, 0.1) is 4.75 Å². The molecule has 1 aliphatic rings. The molecule has 2 rings (SSSR count). The summed E-state index contributed by atoms with van der Waals surface area (Å²) in [7, 11) is -3.26. The van der Waals surface area contributed by atoms with Crippen LogP contribution in [0, 0.1) is 5.92 Å². The Hall–Kier alpha value is -1.27. The molecule has 6 heteroatoms. The number of phenols is 1. The highest BCUT2D eigenvalue weighted by Crippen LogP contribution is 2.27. The number of benzene rings is 1. The highest BCUT2D eigenvalue weighted by atomic mass is 32.2. The molecule has 0 heterocycles. The van der Waals surface area contributed by atoms with Gasteiger partial charge in [0.1, 0.15) is 5.75 Å². The lowest BCUT2D eigenvalue weighted by Gasteiger charge is -2.31. The molecule has 0 unspecified atom stereocenters. The second-order valence-corrected chi connectivity index (χ2v) is 9.85. The van der Waals surface area contributed by atoms with Gasteiger partial charge in [0, 0.05) is 18.3 Å². The van der Waals surface area contributed by atoms with Crippen molar-refractivity contribution in [2.75, 3.05) is 11.9 Å². The molecule has 1 aromatic rings. The number of hydrogen-bond acceptors (Lipinski definition) is 4. The molecule has 5 nitrogen and oxygen atoms in total. The molecule has 0 amide bonds. The average Bonchev–Trinajstić information content (AvgIpc) is 2.47. The van der Waals surface area contributed by atoms with E-state index in [9.17, 15) is 13.5 Å². The quantitative estimate of drug-likeness (QED) is 0.720. The van der Waals surface area contributed by atoms with Crippen molar-refractivity contribution < 1.29 is 13.5 Å². The molecule has 23 heavy (non-hydrogen) atoms. The molecule has 0 saturated heterocycles. The van der Waals surface area contributed by atoms with Crippen LogP contribution >= 0.6 is 0 Å². The molecule has 1 saturated carbocycles. The van der Waals surface area contributed by atoms with Gasteiger partial charge in [-0.15, -0.1) is 0 Å². The zero-order chi connectivity index (χ0) is 17.1. The van der Waals surface area contributed by atoms with Crippen LogP contribution < -0.4 is 10.0 Å². The van der Waals surface area contributed by atoms with Crippen LogP contribution in [0.25, 0.3) is 0 Å². The zero-order valence-electron chi connectivity index (χ0n) is 14.2. The minimum atomic E-state index is -3.26. The smallest absolute Gasteiger partial charge is 0.216 e. The number of nitrogens with one attached hydrogen (secondary N) is 2. The molecule has 0 radical (unpaired) electrons. The summed E-state index contributed by atoms with van der Waals surface area (Å²) in [4.78, 5) is 0. The third kappa shape index (κ3) is 5.11. The minimum Gasteiger partial charge on any atom is -0.508 e. The standard InChI is InChI=1S/C17H28N2O3S/c1-17(2,3)23(21,22)19-15-6-4-13(5-7-15)12-18-14-8-10-16(20)11-9-14/h8-11,13,15,18-20H,4-7,12H2,1-3H3. The lowest BCUT2D eigenvalue weighted by Crippen LogP contribution is -2.46. The predicted octanol–water partition coefficient (Wildman–Crippen LogP) is 3.08. The zero-order valence-corrected chi connectivity index (χ0v) is 15.0. The maximum absolute atomic E-state index is 12.2. The van der Waals surface area contributed by atoms with E-state index < -0.39 is 14.8 Å². The summed E-state index contributed by atoms with van der Waals surface area (Å²) < 4.78 is 26.5. The van der Waals surface area contributed by atoms with E-state index in [0.717, 1.165) is 37.9 Å². The molecular weight excluding hydrogens is 312 g/mol. The Morgan fingerprint density at radius 1 is 1.09 bits per heavy atom. The Labute approximate surface area is 139 Å². The Kier molecular flexibility index (Phi) is 5.57. The molecular formula is C17H28N2O3S. The Morgan fingerprint density at radius 2 is 1.65 bits per heavy atom. The maximum atomic E-state index is 12.2. The van der Waals surface area contributed by atoms with E-state index in [1.807, 2.05) is 12.1 Å². The van der Waals surface area contributed by atoms with E-state index in [1.165, 1.54) is 0 Å². The summed E-state index contributed by atoms with van der Waals surface area (Å²) in [5.74, 6) is 0.821. The molecule has 0 aliphatic heterocycles. The third-order valence-corrected chi connectivity index (χ3v) is 6.69.